The van der Waals surface area contributed by atoms with Gasteiger partial charge in [-0.05, 0) is 67.9 Å². The molecule has 6 heteroatoms. The molecule has 2 aromatic carbocycles. The van der Waals surface area contributed by atoms with Gasteiger partial charge < -0.3 is 5.11 Å². The maximum absolute atomic E-state index is 12.5. The van der Waals surface area contributed by atoms with E-state index in [0.717, 1.165) is 55.7 Å². The molecule has 0 spiro atoms. The number of fused-ring (bicyclic) bond motifs is 1. The van der Waals surface area contributed by atoms with E-state index in [1.165, 1.54) is 31.7 Å². The van der Waals surface area contributed by atoms with Gasteiger partial charge in [0.15, 0.2) is 0 Å². The summed E-state index contributed by atoms with van der Waals surface area (Å²) in [6.07, 6.45) is 20.7. The van der Waals surface area contributed by atoms with E-state index >= 15 is 0 Å². The van der Waals surface area contributed by atoms with Crippen LogP contribution in [-0.4, -0.2) is 25.5 Å². The average Bonchev–Trinajstić information content (AvgIpc) is 2.87. The van der Waals surface area contributed by atoms with Gasteiger partial charge in [0, 0.05) is 6.42 Å². The summed E-state index contributed by atoms with van der Waals surface area (Å²) in [6, 6.07) is 12.4. The van der Waals surface area contributed by atoms with Gasteiger partial charge in [0.2, 0.25) is 5.91 Å². The van der Waals surface area contributed by atoms with Gasteiger partial charge in [-0.3, -0.25) is 4.79 Å². The molecule has 5 nitrogen and oxygen atoms in total. The van der Waals surface area contributed by atoms with Crippen molar-refractivity contribution in [3.63, 3.8) is 0 Å². The molecule has 0 fully saturated rings. The first-order chi connectivity index (χ1) is 17.4. The van der Waals surface area contributed by atoms with E-state index in [4.69, 9.17) is 0 Å². The van der Waals surface area contributed by atoms with Gasteiger partial charge in [-0.15, -0.1) is 0 Å². The molecule has 0 aliphatic heterocycles. The van der Waals surface area contributed by atoms with Crippen LogP contribution in [0.4, 0.5) is 0 Å². The fourth-order valence-electron chi connectivity index (χ4n) is 4.03. The number of unbranched alkanes of at least 4 members (excludes halogenated alkanes) is 8. The molecule has 0 saturated heterocycles. The fraction of sp³-hybridized carbons (Fsp3) is 0.500. The highest BCUT2D eigenvalue weighted by Gasteiger charge is 2.17. The minimum atomic E-state index is -3.86. The first-order valence-corrected chi connectivity index (χ1v) is 14.9. The second-order valence-electron chi connectivity index (χ2n) is 9.38. The molecule has 0 aliphatic carbocycles. The van der Waals surface area contributed by atoms with Crippen molar-refractivity contribution in [3.8, 4) is 0 Å². The lowest BCUT2D eigenvalue weighted by Crippen LogP contribution is -2.30. The van der Waals surface area contributed by atoms with Crippen molar-refractivity contribution in [1.82, 2.24) is 4.72 Å². The third-order valence-electron chi connectivity index (χ3n) is 6.17. The van der Waals surface area contributed by atoms with Crippen molar-refractivity contribution in [2.75, 3.05) is 0 Å². The third kappa shape index (κ3) is 12.0. The number of aliphatic hydroxyl groups is 1. The van der Waals surface area contributed by atoms with Gasteiger partial charge in [-0.2, -0.15) is 0 Å². The summed E-state index contributed by atoms with van der Waals surface area (Å²) >= 11 is 0. The molecule has 0 saturated carbocycles. The minimum Gasteiger partial charge on any atom is -0.389 e. The van der Waals surface area contributed by atoms with Crippen LogP contribution in [0.2, 0.25) is 0 Å². The summed E-state index contributed by atoms with van der Waals surface area (Å²) < 4.78 is 27.2. The largest absolute Gasteiger partial charge is 0.389 e. The Morgan fingerprint density at radius 3 is 2.22 bits per heavy atom. The second kappa shape index (κ2) is 17.1. The van der Waals surface area contributed by atoms with Crippen LogP contribution in [0.25, 0.3) is 10.8 Å². The normalized spacial score (nSPS) is 13.1. The van der Waals surface area contributed by atoms with Crippen molar-refractivity contribution in [1.29, 1.82) is 0 Å². The summed E-state index contributed by atoms with van der Waals surface area (Å²) in [7, 11) is -3.86. The molecule has 2 N–H and O–H groups in total. The van der Waals surface area contributed by atoms with Crippen LogP contribution in [0.1, 0.15) is 90.4 Å². The number of hydrogen-bond donors (Lipinski definition) is 2. The highest BCUT2D eigenvalue weighted by molar-refractivity contribution is 7.90. The van der Waals surface area contributed by atoms with E-state index in [0.29, 0.717) is 6.42 Å². The van der Waals surface area contributed by atoms with E-state index < -0.39 is 15.9 Å². The van der Waals surface area contributed by atoms with Crippen molar-refractivity contribution < 1.29 is 18.3 Å². The quantitative estimate of drug-likeness (QED) is 0.163. The molecule has 1 atom stereocenters. The molecule has 198 valence electrons. The van der Waals surface area contributed by atoms with E-state index in [9.17, 15) is 18.3 Å². The van der Waals surface area contributed by atoms with Gasteiger partial charge >= 0.3 is 0 Å². The molecule has 36 heavy (non-hydrogen) atoms. The zero-order chi connectivity index (χ0) is 26.1. The van der Waals surface area contributed by atoms with Gasteiger partial charge in [-0.25, -0.2) is 13.1 Å². The lowest BCUT2D eigenvalue weighted by molar-refractivity contribution is -0.119. The number of nitrogens with one attached hydrogen (secondary N) is 1. The number of carbonyl (C=O) groups is 1. The molecule has 2 aromatic rings. The lowest BCUT2D eigenvalue weighted by Gasteiger charge is -2.07. The van der Waals surface area contributed by atoms with Crippen molar-refractivity contribution >= 4 is 26.7 Å². The maximum Gasteiger partial charge on any atom is 0.264 e. The molecule has 2 rings (SSSR count). The van der Waals surface area contributed by atoms with Gasteiger partial charge in [0.25, 0.3) is 10.0 Å². The van der Waals surface area contributed by atoms with E-state index in [2.05, 4.69) is 29.9 Å². The van der Waals surface area contributed by atoms with Crippen LogP contribution < -0.4 is 4.72 Å². The number of hydrogen-bond acceptors (Lipinski definition) is 4. The second-order valence-corrected chi connectivity index (χ2v) is 11.1. The van der Waals surface area contributed by atoms with Crippen molar-refractivity contribution in [2.45, 2.75) is 101 Å². The fourth-order valence-corrected chi connectivity index (χ4v) is 5.08. The molecule has 0 bridgehead atoms. The Kier molecular flexibility index (Phi) is 14.1. The number of allylic oxidation sites excluding steroid dienone is 3. The number of rotatable bonds is 18. The molecular weight excluding hydrogens is 470 g/mol. The molecular formula is C30H43NO4S. The number of benzene rings is 2. The first kappa shape index (κ1) is 29.8. The zero-order valence-corrected chi connectivity index (χ0v) is 22.5. The Morgan fingerprint density at radius 1 is 0.861 bits per heavy atom. The molecule has 0 aromatic heterocycles. The standard InChI is InChI=1S/C30H43NO4S/c1-2-3-20-28(32)21-14-12-10-8-6-4-5-7-9-11-13-15-22-30(33)31-36(34,35)29-24-23-26-18-16-17-19-27(26)25-29/h9,11,14,16-19,21,23-25,28,32H,2-8,10,12-13,15,20,22H2,1H3,(H,31,33)/b11-9-,21-14-/t28-/m1/s1. The lowest BCUT2D eigenvalue weighted by atomic mass is 10.1. The predicted octanol–water partition coefficient (Wildman–Crippen LogP) is 7.21. The molecule has 0 unspecified atom stereocenters. The smallest absolute Gasteiger partial charge is 0.264 e. The van der Waals surface area contributed by atoms with Crippen LogP contribution in [-0.2, 0) is 14.8 Å². The summed E-state index contributed by atoms with van der Waals surface area (Å²) in [5, 5.41) is 11.5. The highest BCUT2D eigenvalue weighted by atomic mass is 32.2. The number of carbonyl (C=O) groups excluding carboxylic acids is 1. The monoisotopic (exact) mass is 513 g/mol. The third-order valence-corrected chi connectivity index (χ3v) is 7.54. The van der Waals surface area contributed by atoms with Crippen LogP contribution in [0.5, 0.6) is 0 Å². The summed E-state index contributed by atoms with van der Waals surface area (Å²) in [5.74, 6) is -0.470. The molecule has 0 aliphatic rings. The number of amides is 1. The molecule has 0 radical (unpaired) electrons. The Hall–Kier alpha value is -2.44. The maximum atomic E-state index is 12.5. The van der Waals surface area contributed by atoms with Crippen LogP contribution in [0.15, 0.2) is 71.7 Å². The molecule has 0 heterocycles. The number of sulfonamides is 1. The van der Waals surface area contributed by atoms with Gasteiger partial charge in [0.05, 0.1) is 11.0 Å². The highest BCUT2D eigenvalue weighted by Crippen LogP contribution is 2.19. The summed E-state index contributed by atoms with van der Waals surface area (Å²) in [6.45, 7) is 2.14. The first-order valence-electron chi connectivity index (χ1n) is 13.5. The SMILES string of the molecule is CCCC[C@@H](O)/C=C\CCCCCCC/C=C\CCCC(=O)NS(=O)(=O)c1ccc2ccccc2c1. The van der Waals surface area contributed by atoms with Crippen LogP contribution in [0.3, 0.4) is 0 Å². The van der Waals surface area contributed by atoms with Crippen molar-refractivity contribution in [3.05, 3.63) is 66.8 Å². The Bertz CT molecular complexity index is 1080. The topological polar surface area (TPSA) is 83.5 Å². The van der Waals surface area contributed by atoms with Crippen LogP contribution in [0, 0.1) is 0 Å². The van der Waals surface area contributed by atoms with Gasteiger partial charge in [0.1, 0.15) is 0 Å². The van der Waals surface area contributed by atoms with E-state index in [1.54, 1.807) is 12.1 Å². The van der Waals surface area contributed by atoms with Gasteiger partial charge in [-0.1, -0.05) is 93.7 Å². The molecule has 1 amide bonds. The Morgan fingerprint density at radius 2 is 1.50 bits per heavy atom. The predicted molar refractivity (Wildman–Crippen MR) is 149 cm³/mol. The Labute approximate surface area is 217 Å². The minimum absolute atomic E-state index is 0.104. The van der Waals surface area contributed by atoms with Crippen LogP contribution >= 0.6 is 0 Å². The Balaban J connectivity index is 1.50. The number of aliphatic hydroxyl groups excluding tert-OH is 1. The van der Waals surface area contributed by atoms with Crippen molar-refractivity contribution in [2.24, 2.45) is 0 Å². The summed E-state index contributed by atoms with van der Waals surface area (Å²) in [5.41, 5.74) is 0. The zero-order valence-electron chi connectivity index (χ0n) is 21.7. The summed E-state index contributed by atoms with van der Waals surface area (Å²) in [4.78, 5) is 12.2. The average molecular weight is 514 g/mol. The van der Waals surface area contributed by atoms with E-state index in [-0.39, 0.29) is 17.4 Å². The van der Waals surface area contributed by atoms with E-state index in [1.807, 2.05) is 30.3 Å².